The van der Waals surface area contributed by atoms with Crippen LogP contribution in [0.3, 0.4) is 0 Å². The van der Waals surface area contributed by atoms with Crippen molar-refractivity contribution in [3.05, 3.63) is 11.8 Å². The number of likely N-dealkylation sites (tertiary alicyclic amines) is 1. The van der Waals surface area contributed by atoms with Gasteiger partial charge >= 0.3 is 5.97 Å². The number of sulfonamides is 1. The number of hydrogen-bond donors (Lipinski definition) is 3. The Hall–Kier alpha value is -1.45. The highest BCUT2D eigenvalue weighted by molar-refractivity contribution is 7.89. The highest BCUT2D eigenvalue weighted by Crippen LogP contribution is 2.14. The largest absolute Gasteiger partial charge is 0.478 e. The molecule has 1 aliphatic rings. The number of carboxylic acids is 1. The van der Waals surface area contributed by atoms with Crippen molar-refractivity contribution in [2.45, 2.75) is 30.8 Å². The molecule has 0 radical (unpaired) electrons. The van der Waals surface area contributed by atoms with Gasteiger partial charge in [0, 0.05) is 12.6 Å². The van der Waals surface area contributed by atoms with Crippen molar-refractivity contribution in [2.24, 2.45) is 0 Å². The molecule has 1 saturated heterocycles. The van der Waals surface area contributed by atoms with Crippen LogP contribution in [0.2, 0.25) is 0 Å². The molecule has 0 aliphatic carbocycles. The highest BCUT2D eigenvalue weighted by Gasteiger charge is 2.26. The maximum atomic E-state index is 12.1. The molecule has 1 atom stereocenters. The number of H-pyrrole nitrogens is 1. The average Bonchev–Trinajstić information content (AvgIpc) is 3.06. The molecule has 0 bridgehead atoms. The summed E-state index contributed by atoms with van der Waals surface area (Å²) in [7, 11) is -3.89. The fourth-order valence-electron chi connectivity index (χ4n) is 2.25. The summed E-state index contributed by atoms with van der Waals surface area (Å²) >= 11 is 0. The number of carbonyl (C=O) groups is 1. The number of aromatic amines is 1. The number of carboxylic acid groups (broad SMARTS) is 1. The van der Waals surface area contributed by atoms with Crippen molar-refractivity contribution >= 4 is 16.0 Å². The monoisotopic (exact) mass is 302 g/mol. The van der Waals surface area contributed by atoms with Crippen molar-refractivity contribution in [2.75, 3.05) is 19.6 Å². The van der Waals surface area contributed by atoms with Gasteiger partial charge in [-0.1, -0.05) is 0 Å². The first-order chi connectivity index (χ1) is 9.42. The third-order valence-corrected chi connectivity index (χ3v) is 4.83. The molecule has 3 N–H and O–H groups in total. The molecular formula is C11H18N4O4S. The Kier molecular flexibility index (Phi) is 4.41. The molecule has 1 aromatic rings. The fraction of sp³-hybridized carbons (Fsp3) is 0.636. The smallest absolute Gasteiger partial charge is 0.340 e. The summed E-state index contributed by atoms with van der Waals surface area (Å²) in [4.78, 5) is 13.1. The number of aromatic carboxylic acids is 1. The standard InChI is InChI=1S/C11H18N4O4S/c1-8(15-4-2-3-5-15)6-13-20(18,19)10-9(11(16)17)7-12-14-10/h7-8,13H,2-6H2,1H3,(H,12,14)(H,16,17). The van der Waals surface area contributed by atoms with Crippen molar-refractivity contribution < 1.29 is 18.3 Å². The van der Waals surface area contributed by atoms with Crippen LogP contribution >= 0.6 is 0 Å². The molecule has 112 valence electrons. The summed E-state index contributed by atoms with van der Waals surface area (Å²) in [6.07, 6.45) is 3.24. The van der Waals surface area contributed by atoms with E-state index in [0.29, 0.717) is 0 Å². The predicted octanol–water partition coefficient (Wildman–Crippen LogP) is -0.129. The first kappa shape index (κ1) is 14.9. The average molecular weight is 302 g/mol. The quantitative estimate of drug-likeness (QED) is 0.674. The molecule has 20 heavy (non-hydrogen) atoms. The van der Waals surface area contributed by atoms with E-state index in [1.165, 1.54) is 0 Å². The Balaban J connectivity index is 2.03. The summed E-state index contributed by atoms with van der Waals surface area (Å²) in [6.45, 7) is 4.11. The zero-order valence-corrected chi connectivity index (χ0v) is 12.0. The molecule has 1 unspecified atom stereocenters. The van der Waals surface area contributed by atoms with E-state index in [9.17, 15) is 13.2 Å². The molecule has 8 nitrogen and oxygen atoms in total. The van der Waals surface area contributed by atoms with Crippen LogP contribution in [0.25, 0.3) is 0 Å². The Bertz CT molecular complexity index is 577. The van der Waals surface area contributed by atoms with Gasteiger partial charge in [0.2, 0.25) is 0 Å². The van der Waals surface area contributed by atoms with Gasteiger partial charge in [0.15, 0.2) is 5.03 Å². The minimum Gasteiger partial charge on any atom is -0.478 e. The van der Waals surface area contributed by atoms with E-state index in [4.69, 9.17) is 5.11 Å². The maximum absolute atomic E-state index is 12.1. The molecule has 0 aromatic carbocycles. The van der Waals surface area contributed by atoms with E-state index < -0.39 is 21.0 Å². The van der Waals surface area contributed by atoms with E-state index in [1.807, 2.05) is 6.92 Å². The van der Waals surface area contributed by atoms with Gasteiger partial charge in [-0.3, -0.25) is 10.00 Å². The zero-order chi connectivity index (χ0) is 14.8. The number of rotatable bonds is 6. The lowest BCUT2D eigenvalue weighted by Crippen LogP contribution is -2.41. The van der Waals surface area contributed by atoms with Crippen molar-refractivity contribution in [3.8, 4) is 0 Å². The lowest BCUT2D eigenvalue weighted by molar-refractivity contribution is 0.0692. The third-order valence-electron chi connectivity index (χ3n) is 3.44. The molecule has 0 amide bonds. The molecule has 9 heteroatoms. The van der Waals surface area contributed by atoms with Crippen LogP contribution in [0.1, 0.15) is 30.1 Å². The van der Waals surface area contributed by atoms with E-state index in [-0.39, 0.29) is 18.2 Å². The molecule has 0 saturated carbocycles. The maximum Gasteiger partial charge on any atom is 0.340 e. The summed E-state index contributed by atoms with van der Waals surface area (Å²) in [5.74, 6) is -1.33. The van der Waals surface area contributed by atoms with Crippen molar-refractivity contribution in [3.63, 3.8) is 0 Å². The summed E-state index contributed by atoms with van der Waals surface area (Å²) in [5, 5.41) is 14.2. The zero-order valence-electron chi connectivity index (χ0n) is 11.2. The second-order valence-corrected chi connectivity index (χ2v) is 6.57. The van der Waals surface area contributed by atoms with Gasteiger partial charge in [0.1, 0.15) is 5.56 Å². The summed E-state index contributed by atoms with van der Waals surface area (Å²) in [6, 6.07) is 0.0727. The molecule has 1 aliphatic heterocycles. The van der Waals surface area contributed by atoms with Gasteiger partial charge < -0.3 is 5.11 Å². The van der Waals surface area contributed by atoms with Gasteiger partial charge in [0.05, 0.1) is 6.20 Å². The van der Waals surface area contributed by atoms with Crippen LogP contribution in [0, 0.1) is 0 Å². The van der Waals surface area contributed by atoms with Gasteiger partial charge in [-0.05, 0) is 32.9 Å². The lowest BCUT2D eigenvalue weighted by Gasteiger charge is -2.23. The molecule has 0 spiro atoms. The molecular weight excluding hydrogens is 284 g/mol. The lowest BCUT2D eigenvalue weighted by atomic mass is 10.3. The Morgan fingerprint density at radius 1 is 1.55 bits per heavy atom. The number of nitrogens with zero attached hydrogens (tertiary/aromatic N) is 2. The van der Waals surface area contributed by atoms with E-state index in [1.54, 1.807) is 0 Å². The second-order valence-electron chi connectivity index (χ2n) is 4.86. The number of aromatic nitrogens is 2. The van der Waals surface area contributed by atoms with Crippen molar-refractivity contribution in [1.29, 1.82) is 0 Å². The van der Waals surface area contributed by atoms with Gasteiger partial charge in [0.25, 0.3) is 10.0 Å². The minimum atomic E-state index is -3.89. The van der Waals surface area contributed by atoms with E-state index >= 15 is 0 Å². The molecule has 1 fully saturated rings. The van der Waals surface area contributed by atoms with Crippen LogP contribution in [0.5, 0.6) is 0 Å². The number of nitrogens with one attached hydrogen (secondary N) is 2. The Morgan fingerprint density at radius 2 is 2.20 bits per heavy atom. The van der Waals surface area contributed by atoms with Crippen LogP contribution in [0.15, 0.2) is 11.2 Å². The second kappa shape index (κ2) is 5.90. The molecule has 2 heterocycles. The third kappa shape index (κ3) is 3.17. The van der Waals surface area contributed by atoms with Gasteiger partial charge in [-0.25, -0.2) is 17.9 Å². The predicted molar refractivity (Wildman–Crippen MR) is 71.0 cm³/mol. The van der Waals surface area contributed by atoms with Gasteiger partial charge in [-0.15, -0.1) is 0 Å². The topological polar surface area (TPSA) is 115 Å². The first-order valence-electron chi connectivity index (χ1n) is 6.42. The highest BCUT2D eigenvalue weighted by atomic mass is 32.2. The Morgan fingerprint density at radius 3 is 2.80 bits per heavy atom. The SMILES string of the molecule is CC(CNS(=O)(=O)c1[nH]ncc1C(=O)O)N1CCCC1. The normalized spacial score (nSPS) is 18.2. The summed E-state index contributed by atoms with van der Waals surface area (Å²) in [5.41, 5.74) is -0.355. The number of hydrogen-bond acceptors (Lipinski definition) is 5. The fourth-order valence-corrected chi connectivity index (χ4v) is 3.45. The Labute approximate surface area is 117 Å². The summed E-state index contributed by atoms with van der Waals surface area (Å²) < 4.78 is 26.6. The molecule has 1 aromatic heterocycles. The van der Waals surface area contributed by atoms with Crippen LogP contribution in [-0.2, 0) is 10.0 Å². The van der Waals surface area contributed by atoms with Crippen LogP contribution in [0.4, 0.5) is 0 Å². The van der Waals surface area contributed by atoms with Gasteiger partial charge in [-0.2, -0.15) is 5.10 Å². The molecule has 2 rings (SSSR count). The van der Waals surface area contributed by atoms with Crippen LogP contribution < -0.4 is 4.72 Å². The van der Waals surface area contributed by atoms with Crippen molar-refractivity contribution in [1.82, 2.24) is 19.8 Å². The first-order valence-corrected chi connectivity index (χ1v) is 7.90. The van der Waals surface area contributed by atoms with E-state index in [0.717, 1.165) is 32.1 Å². The van der Waals surface area contributed by atoms with E-state index in [2.05, 4.69) is 19.8 Å². The van der Waals surface area contributed by atoms with Crippen LogP contribution in [-0.4, -0.2) is 60.3 Å². The minimum absolute atomic E-state index is 0.0727.